The molecule has 0 radical (unpaired) electrons. The standard InChI is InChI=1S/C20H23N5O7/c1-3-31-17-11-14(15(25(28)29)12-16(17)30-2)19(27)32-13-18(26)23-7-9-24(10-8-23)20-21-5-4-6-22-20/h4-6,11-12H,3,7-10,13H2,1-2H3. The molecule has 1 fully saturated rings. The molecule has 2 aromatic rings. The van der Waals surface area contributed by atoms with Gasteiger partial charge in [0.05, 0.1) is 24.7 Å². The van der Waals surface area contributed by atoms with Gasteiger partial charge in [0.2, 0.25) is 5.95 Å². The lowest BCUT2D eigenvalue weighted by molar-refractivity contribution is -0.385. The van der Waals surface area contributed by atoms with Gasteiger partial charge in [-0.2, -0.15) is 0 Å². The zero-order valence-electron chi connectivity index (χ0n) is 17.7. The molecule has 1 aliphatic heterocycles. The Morgan fingerprint density at radius 3 is 2.41 bits per heavy atom. The van der Waals surface area contributed by atoms with Gasteiger partial charge in [0, 0.05) is 44.6 Å². The molecular formula is C20H23N5O7. The third-order valence-electron chi connectivity index (χ3n) is 4.79. The number of nitro groups is 1. The number of benzene rings is 1. The first-order valence-corrected chi connectivity index (χ1v) is 9.90. The number of hydrogen-bond donors (Lipinski definition) is 0. The Morgan fingerprint density at radius 1 is 1.12 bits per heavy atom. The van der Waals surface area contributed by atoms with Crippen molar-refractivity contribution in [1.29, 1.82) is 0 Å². The quantitative estimate of drug-likeness (QED) is 0.332. The van der Waals surface area contributed by atoms with Crippen molar-refractivity contribution in [3.8, 4) is 11.5 Å². The Hall–Kier alpha value is -3.96. The number of anilines is 1. The van der Waals surface area contributed by atoms with Crippen LogP contribution in [0.1, 0.15) is 17.3 Å². The second kappa shape index (κ2) is 10.4. The van der Waals surface area contributed by atoms with Crippen LogP contribution in [0.15, 0.2) is 30.6 Å². The summed E-state index contributed by atoms with van der Waals surface area (Å²) >= 11 is 0. The fraction of sp³-hybridized carbons (Fsp3) is 0.400. The summed E-state index contributed by atoms with van der Waals surface area (Å²) in [6.45, 7) is 3.34. The van der Waals surface area contributed by atoms with Gasteiger partial charge in [0.1, 0.15) is 5.56 Å². The predicted molar refractivity (Wildman–Crippen MR) is 112 cm³/mol. The van der Waals surface area contributed by atoms with Crippen molar-refractivity contribution in [3.63, 3.8) is 0 Å². The van der Waals surface area contributed by atoms with Gasteiger partial charge in [-0.1, -0.05) is 0 Å². The molecular weight excluding hydrogens is 422 g/mol. The molecule has 1 aliphatic rings. The van der Waals surface area contributed by atoms with E-state index in [0.717, 1.165) is 6.07 Å². The monoisotopic (exact) mass is 445 g/mol. The van der Waals surface area contributed by atoms with Crippen LogP contribution in [0, 0.1) is 10.1 Å². The minimum Gasteiger partial charge on any atom is -0.493 e. The fourth-order valence-corrected chi connectivity index (χ4v) is 3.20. The summed E-state index contributed by atoms with van der Waals surface area (Å²) in [6, 6.07) is 4.00. The summed E-state index contributed by atoms with van der Waals surface area (Å²) in [5.41, 5.74) is -0.822. The molecule has 1 saturated heterocycles. The third-order valence-corrected chi connectivity index (χ3v) is 4.79. The van der Waals surface area contributed by atoms with Crippen molar-refractivity contribution >= 4 is 23.5 Å². The van der Waals surface area contributed by atoms with E-state index in [1.54, 1.807) is 30.3 Å². The van der Waals surface area contributed by atoms with E-state index in [-0.39, 0.29) is 23.7 Å². The number of piperazine rings is 1. The van der Waals surface area contributed by atoms with Crippen molar-refractivity contribution < 1.29 is 28.7 Å². The summed E-state index contributed by atoms with van der Waals surface area (Å²) in [6.07, 6.45) is 3.29. The molecule has 1 aromatic carbocycles. The van der Waals surface area contributed by atoms with E-state index in [9.17, 15) is 19.7 Å². The fourth-order valence-electron chi connectivity index (χ4n) is 3.20. The number of amides is 1. The Balaban J connectivity index is 1.62. The van der Waals surface area contributed by atoms with Gasteiger partial charge in [-0.05, 0) is 13.0 Å². The average molecular weight is 445 g/mol. The molecule has 0 unspecified atom stereocenters. The maximum Gasteiger partial charge on any atom is 0.345 e. The van der Waals surface area contributed by atoms with Crippen LogP contribution in [-0.2, 0) is 9.53 Å². The Kier molecular flexibility index (Phi) is 7.37. The Labute approximate surface area is 183 Å². The second-order valence-corrected chi connectivity index (χ2v) is 6.70. The topological polar surface area (TPSA) is 137 Å². The summed E-state index contributed by atoms with van der Waals surface area (Å²) in [5.74, 6) is -0.523. The molecule has 12 heteroatoms. The van der Waals surface area contributed by atoms with Gasteiger partial charge in [-0.25, -0.2) is 14.8 Å². The van der Waals surface area contributed by atoms with Gasteiger partial charge in [0.15, 0.2) is 18.1 Å². The zero-order valence-corrected chi connectivity index (χ0v) is 17.7. The zero-order chi connectivity index (χ0) is 23.1. The van der Waals surface area contributed by atoms with E-state index >= 15 is 0 Å². The smallest absolute Gasteiger partial charge is 0.345 e. The molecule has 170 valence electrons. The van der Waals surface area contributed by atoms with Crippen LogP contribution in [0.4, 0.5) is 11.6 Å². The SMILES string of the molecule is CCOc1cc(C(=O)OCC(=O)N2CCN(c3ncccn3)CC2)c([N+](=O)[O-])cc1OC. The maximum absolute atomic E-state index is 12.5. The van der Waals surface area contributed by atoms with E-state index < -0.39 is 29.1 Å². The number of carbonyl (C=O) groups excluding carboxylic acids is 2. The number of rotatable bonds is 8. The molecule has 0 saturated carbocycles. The number of carbonyl (C=O) groups is 2. The molecule has 0 N–H and O–H groups in total. The van der Waals surface area contributed by atoms with Crippen LogP contribution in [0.25, 0.3) is 0 Å². The molecule has 1 aromatic heterocycles. The van der Waals surface area contributed by atoms with Crippen molar-refractivity contribution in [2.24, 2.45) is 0 Å². The number of esters is 1. The van der Waals surface area contributed by atoms with E-state index in [0.29, 0.717) is 32.1 Å². The minimum atomic E-state index is -0.995. The van der Waals surface area contributed by atoms with E-state index in [1.807, 2.05) is 4.90 Å². The number of ether oxygens (including phenoxy) is 3. The first kappa shape index (κ1) is 22.7. The minimum absolute atomic E-state index is 0.117. The first-order chi connectivity index (χ1) is 15.4. The Morgan fingerprint density at radius 2 is 1.81 bits per heavy atom. The van der Waals surface area contributed by atoms with Crippen molar-refractivity contribution in [3.05, 3.63) is 46.3 Å². The molecule has 32 heavy (non-hydrogen) atoms. The summed E-state index contributed by atoms with van der Waals surface area (Å²) in [5, 5.41) is 11.4. The van der Waals surface area contributed by atoms with Gasteiger partial charge in [-0.3, -0.25) is 14.9 Å². The van der Waals surface area contributed by atoms with E-state index in [2.05, 4.69) is 9.97 Å². The molecule has 3 rings (SSSR count). The van der Waals surface area contributed by atoms with Crippen LogP contribution in [0.2, 0.25) is 0 Å². The second-order valence-electron chi connectivity index (χ2n) is 6.70. The number of nitrogens with zero attached hydrogens (tertiary/aromatic N) is 5. The molecule has 1 amide bonds. The lowest BCUT2D eigenvalue weighted by Crippen LogP contribution is -2.50. The lowest BCUT2D eigenvalue weighted by atomic mass is 10.1. The molecule has 0 atom stereocenters. The van der Waals surface area contributed by atoms with Crippen LogP contribution in [0.5, 0.6) is 11.5 Å². The lowest BCUT2D eigenvalue weighted by Gasteiger charge is -2.34. The molecule has 0 spiro atoms. The highest BCUT2D eigenvalue weighted by molar-refractivity contribution is 5.96. The van der Waals surface area contributed by atoms with Crippen LogP contribution >= 0.6 is 0 Å². The van der Waals surface area contributed by atoms with Gasteiger partial charge < -0.3 is 24.0 Å². The van der Waals surface area contributed by atoms with Crippen molar-refractivity contribution in [2.45, 2.75) is 6.92 Å². The van der Waals surface area contributed by atoms with Gasteiger partial charge >= 0.3 is 5.97 Å². The Bertz CT molecular complexity index is 978. The molecule has 0 aliphatic carbocycles. The largest absolute Gasteiger partial charge is 0.493 e. The highest BCUT2D eigenvalue weighted by Crippen LogP contribution is 2.35. The van der Waals surface area contributed by atoms with E-state index in [1.165, 1.54) is 13.2 Å². The summed E-state index contributed by atoms with van der Waals surface area (Å²) in [4.78, 5) is 47.6. The van der Waals surface area contributed by atoms with E-state index in [4.69, 9.17) is 14.2 Å². The highest BCUT2D eigenvalue weighted by Gasteiger charge is 2.28. The maximum atomic E-state index is 12.5. The van der Waals surface area contributed by atoms with Crippen LogP contribution in [0.3, 0.4) is 0 Å². The molecule has 0 bridgehead atoms. The van der Waals surface area contributed by atoms with Crippen molar-refractivity contribution in [2.75, 3.05) is 51.4 Å². The van der Waals surface area contributed by atoms with Gasteiger partial charge in [-0.15, -0.1) is 0 Å². The number of nitro benzene ring substituents is 1. The van der Waals surface area contributed by atoms with Crippen LogP contribution in [-0.4, -0.2) is 78.2 Å². The summed E-state index contributed by atoms with van der Waals surface area (Å²) < 4.78 is 15.5. The van der Waals surface area contributed by atoms with Crippen LogP contribution < -0.4 is 14.4 Å². The predicted octanol–water partition coefficient (Wildman–Crippen LogP) is 1.30. The van der Waals surface area contributed by atoms with Crippen molar-refractivity contribution in [1.82, 2.24) is 14.9 Å². The molecule has 12 nitrogen and oxygen atoms in total. The number of aromatic nitrogens is 2. The number of hydrogen-bond acceptors (Lipinski definition) is 10. The number of methoxy groups -OCH3 is 1. The van der Waals surface area contributed by atoms with Gasteiger partial charge in [0.25, 0.3) is 11.6 Å². The third kappa shape index (κ3) is 5.20. The highest BCUT2D eigenvalue weighted by atomic mass is 16.6. The molecule has 2 heterocycles. The first-order valence-electron chi connectivity index (χ1n) is 9.90. The average Bonchev–Trinajstić information content (AvgIpc) is 2.82. The normalized spacial score (nSPS) is 13.4. The summed E-state index contributed by atoms with van der Waals surface area (Å²) in [7, 11) is 1.34.